The van der Waals surface area contributed by atoms with Gasteiger partial charge >= 0.3 is 0 Å². The van der Waals surface area contributed by atoms with Crippen LogP contribution in [0.2, 0.25) is 0 Å². The van der Waals surface area contributed by atoms with Gasteiger partial charge in [-0.3, -0.25) is 20.2 Å². The number of nitrogens with zero attached hydrogens (tertiary/aromatic N) is 4. The fourth-order valence-electron chi connectivity index (χ4n) is 2.13. The van der Waals surface area contributed by atoms with Gasteiger partial charge in [0.15, 0.2) is 0 Å². The van der Waals surface area contributed by atoms with Gasteiger partial charge in [0.2, 0.25) is 5.16 Å². The predicted molar refractivity (Wildman–Crippen MR) is 98.6 cm³/mol. The van der Waals surface area contributed by atoms with E-state index < -0.39 is 4.92 Å². The molecule has 0 fully saturated rings. The minimum Gasteiger partial charge on any atom is -0.497 e. The third-order valence-electron chi connectivity index (χ3n) is 3.39. The zero-order chi connectivity index (χ0) is 18.5. The lowest BCUT2D eigenvalue weighted by Crippen LogP contribution is -1.93. The topological polar surface area (TPSA) is 106 Å². The van der Waals surface area contributed by atoms with Crippen LogP contribution in [-0.2, 0) is 0 Å². The third kappa shape index (κ3) is 4.25. The van der Waals surface area contributed by atoms with Crippen molar-refractivity contribution in [2.75, 3.05) is 7.11 Å². The second-order valence-corrected chi connectivity index (χ2v) is 6.26. The van der Waals surface area contributed by atoms with E-state index >= 15 is 0 Å². The second kappa shape index (κ2) is 7.79. The van der Waals surface area contributed by atoms with Crippen LogP contribution >= 0.6 is 11.8 Å². The fourth-order valence-corrected chi connectivity index (χ4v) is 2.97. The number of aromatic nitrogens is 3. The van der Waals surface area contributed by atoms with Gasteiger partial charge in [-0.1, -0.05) is 6.07 Å². The summed E-state index contributed by atoms with van der Waals surface area (Å²) in [4.78, 5) is 19.9. The van der Waals surface area contributed by atoms with Crippen molar-refractivity contribution >= 4 is 29.4 Å². The molecule has 0 amide bonds. The van der Waals surface area contributed by atoms with Gasteiger partial charge in [-0.05, 0) is 54.6 Å². The van der Waals surface area contributed by atoms with E-state index in [2.05, 4.69) is 20.2 Å². The Balaban J connectivity index is 1.83. The van der Waals surface area contributed by atoms with E-state index in [1.54, 1.807) is 56.6 Å². The molecule has 132 valence electrons. The molecule has 0 atom stereocenters. The minimum atomic E-state index is -0.424. The van der Waals surface area contributed by atoms with Gasteiger partial charge in [-0.2, -0.15) is 0 Å². The van der Waals surface area contributed by atoms with Gasteiger partial charge in [-0.15, -0.1) is 5.10 Å². The van der Waals surface area contributed by atoms with Crippen LogP contribution in [-0.4, -0.2) is 33.4 Å². The molecule has 3 rings (SSSR count). The molecule has 1 heterocycles. The number of nitro groups is 1. The van der Waals surface area contributed by atoms with Crippen LogP contribution in [0.1, 0.15) is 11.4 Å². The van der Waals surface area contributed by atoms with Gasteiger partial charge in [0, 0.05) is 12.3 Å². The number of aryl methyl sites for hydroxylation is 1. The van der Waals surface area contributed by atoms with Crippen LogP contribution in [0.25, 0.3) is 0 Å². The molecule has 3 aromatic rings. The Labute approximate surface area is 153 Å². The molecule has 0 radical (unpaired) electrons. The second-order valence-electron chi connectivity index (χ2n) is 5.25. The van der Waals surface area contributed by atoms with Crippen LogP contribution in [0.4, 0.5) is 11.4 Å². The van der Waals surface area contributed by atoms with Crippen LogP contribution in [0.15, 0.2) is 57.5 Å². The Kier molecular flexibility index (Phi) is 5.28. The summed E-state index contributed by atoms with van der Waals surface area (Å²) in [6.07, 6.45) is 1.58. The zero-order valence-corrected chi connectivity index (χ0v) is 14.9. The van der Waals surface area contributed by atoms with E-state index in [1.165, 1.54) is 6.07 Å². The van der Waals surface area contributed by atoms with Crippen molar-refractivity contribution < 1.29 is 9.66 Å². The van der Waals surface area contributed by atoms with E-state index in [0.717, 1.165) is 23.2 Å². The Morgan fingerprint density at radius 1 is 1.27 bits per heavy atom. The highest BCUT2D eigenvalue weighted by atomic mass is 32.2. The normalized spacial score (nSPS) is 11.0. The van der Waals surface area contributed by atoms with Crippen LogP contribution in [0.3, 0.4) is 0 Å². The summed E-state index contributed by atoms with van der Waals surface area (Å²) in [6.45, 7) is 1.77. The van der Waals surface area contributed by atoms with Crippen molar-refractivity contribution in [2.45, 2.75) is 17.0 Å². The summed E-state index contributed by atoms with van der Waals surface area (Å²) in [6, 6.07) is 12.1. The van der Waals surface area contributed by atoms with E-state index in [4.69, 9.17) is 4.74 Å². The number of hydrogen-bond donors (Lipinski definition) is 1. The smallest absolute Gasteiger partial charge is 0.283 e. The van der Waals surface area contributed by atoms with E-state index in [0.29, 0.717) is 21.4 Å². The first-order chi connectivity index (χ1) is 12.5. The number of ether oxygens (including phenoxy) is 1. The molecule has 0 bridgehead atoms. The molecule has 26 heavy (non-hydrogen) atoms. The number of nitro benzene ring substituents is 1. The Hall–Kier alpha value is -3.20. The monoisotopic (exact) mass is 369 g/mol. The number of nitrogens with one attached hydrogen (secondary N) is 1. The molecule has 0 aliphatic carbocycles. The van der Waals surface area contributed by atoms with E-state index in [1.807, 2.05) is 0 Å². The van der Waals surface area contributed by atoms with Crippen molar-refractivity contribution in [3.63, 3.8) is 0 Å². The fraction of sp³-hybridized carbons (Fsp3) is 0.118. The lowest BCUT2D eigenvalue weighted by atomic mass is 10.2. The van der Waals surface area contributed by atoms with Crippen LogP contribution < -0.4 is 4.74 Å². The molecule has 1 N–H and O–H groups in total. The highest BCUT2D eigenvalue weighted by molar-refractivity contribution is 7.99. The Morgan fingerprint density at radius 2 is 2.04 bits per heavy atom. The third-order valence-corrected chi connectivity index (χ3v) is 4.32. The summed E-state index contributed by atoms with van der Waals surface area (Å²) in [5.74, 6) is 1.39. The van der Waals surface area contributed by atoms with Crippen molar-refractivity contribution in [3.8, 4) is 5.75 Å². The summed E-state index contributed by atoms with van der Waals surface area (Å²) < 4.78 is 5.10. The van der Waals surface area contributed by atoms with Crippen molar-refractivity contribution in [1.29, 1.82) is 0 Å². The molecule has 2 aromatic carbocycles. The lowest BCUT2D eigenvalue weighted by molar-refractivity contribution is -0.387. The number of rotatable bonds is 6. The average molecular weight is 369 g/mol. The number of aliphatic imine (C=N–C) groups is 1. The zero-order valence-electron chi connectivity index (χ0n) is 14.0. The standard InChI is InChI=1S/C17H15N5O3S/c1-11-19-17(21-20-11)26-16-8-3-12(9-15(16)22(23)24)10-18-13-4-6-14(25-2)7-5-13/h3-10H,1-2H3,(H,19,20,21). The molecule has 0 saturated heterocycles. The predicted octanol–water partition coefficient (Wildman–Crippen LogP) is 3.93. The maximum Gasteiger partial charge on any atom is 0.283 e. The SMILES string of the molecule is COc1ccc(N=Cc2ccc(Sc3n[nH]c(C)n3)c([N+](=O)[O-])c2)cc1. The summed E-state index contributed by atoms with van der Waals surface area (Å²) in [5, 5.41) is 18.5. The first-order valence-electron chi connectivity index (χ1n) is 7.58. The van der Waals surface area contributed by atoms with Gasteiger partial charge in [0.05, 0.1) is 22.6 Å². The first kappa shape index (κ1) is 17.6. The molecule has 0 aliphatic rings. The number of H-pyrrole nitrogens is 1. The number of methoxy groups -OCH3 is 1. The molecule has 0 aliphatic heterocycles. The molecule has 8 nitrogen and oxygen atoms in total. The highest BCUT2D eigenvalue weighted by Gasteiger charge is 2.17. The van der Waals surface area contributed by atoms with Gasteiger partial charge in [-0.25, -0.2) is 4.98 Å². The van der Waals surface area contributed by atoms with Gasteiger partial charge < -0.3 is 4.74 Å². The highest BCUT2D eigenvalue weighted by Crippen LogP contribution is 2.33. The summed E-state index contributed by atoms with van der Waals surface area (Å²) >= 11 is 1.14. The maximum atomic E-state index is 11.4. The molecule has 0 saturated carbocycles. The first-order valence-corrected chi connectivity index (χ1v) is 8.40. The van der Waals surface area contributed by atoms with E-state index in [9.17, 15) is 10.1 Å². The number of hydrogen-bond acceptors (Lipinski definition) is 7. The summed E-state index contributed by atoms with van der Waals surface area (Å²) in [7, 11) is 1.59. The number of benzene rings is 2. The molecular formula is C17H15N5O3S. The maximum absolute atomic E-state index is 11.4. The molecule has 9 heteroatoms. The quantitative estimate of drug-likeness (QED) is 0.401. The largest absolute Gasteiger partial charge is 0.497 e. The molecule has 1 aromatic heterocycles. The number of aromatic amines is 1. The Morgan fingerprint density at radius 3 is 2.65 bits per heavy atom. The lowest BCUT2D eigenvalue weighted by Gasteiger charge is -2.02. The van der Waals surface area contributed by atoms with Crippen molar-refractivity contribution in [2.24, 2.45) is 4.99 Å². The molecule has 0 spiro atoms. The molecular weight excluding hydrogens is 354 g/mol. The van der Waals surface area contributed by atoms with Gasteiger partial charge in [0.1, 0.15) is 11.6 Å². The van der Waals surface area contributed by atoms with Gasteiger partial charge in [0.25, 0.3) is 5.69 Å². The average Bonchev–Trinajstić information content (AvgIpc) is 3.06. The molecule has 0 unspecified atom stereocenters. The van der Waals surface area contributed by atoms with Crippen molar-refractivity contribution in [3.05, 3.63) is 64.0 Å². The van der Waals surface area contributed by atoms with Crippen LogP contribution in [0, 0.1) is 17.0 Å². The van der Waals surface area contributed by atoms with Crippen LogP contribution in [0.5, 0.6) is 5.75 Å². The Bertz CT molecular complexity index is 953. The van der Waals surface area contributed by atoms with Crippen molar-refractivity contribution in [1.82, 2.24) is 15.2 Å². The minimum absolute atomic E-state index is 0.0175. The summed E-state index contributed by atoms with van der Waals surface area (Å²) in [5.41, 5.74) is 1.34. The van der Waals surface area contributed by atoms with E-state index in [-0.39, 0.29) is 5.69 Å².